The van der Waals surface area contributed by atoms with Crippen molar-refractivity contribution < 1.29 is 0 Å². The van der Waals surface area contributed by atoms with Gasteiger partial charge in [0.1, 0.15) is 0 Å². The van der Waals surface area contributed by atoms with Crippen LogP contribution in [-0.2, 0) is 0 Å². The predicted molar refractivity (Wildman–Crippen MR) is 102 cm³/mol. The van der Waals surface area contributed by atoms with Crippen molar-refractivity contribution >= 4 is 0 Å². The lowest BCUT2D eigenvalue weighted by Gasteiger charge is -2.05. The molecule has 2 N–H and O–H groups in total. The molecule has 2 nitrogen and oxygen atoms in total. The van der Waals surface area contributed by atoms with Crippen LogP contribution in [-0.4, -0.2) is 26.7 Å². The summed E-state index contributed by atoms with van der Waals surface area (Å²) in [6.45, 7) is 5.68. The van der Waals surface area contributed by atoms with Gasteiger partial charge in [-0.2, -0.15) is 0 Å². The largest absolute Gasteiger partial charge is 0.318 e. The Bertz CT molecular complexity index is 163. The number of rotatable bonds is 19. The Morgan fingerprint density at radius 3 is 1.27 bits per heavy atom. The second kappa shape index (κ2) is 20.9. The van der Waals surface area contributed by atoms with Gasteiger partial charge in [0.05, 0.1) is 0 Å². The summed E-state index contributed by atoms with van der Waals surface area (Å²) in [5.41, 5.74) is 0. The highest BCUT2D eigenvalue weighted by Gasteiger charge is 1.94. The van der Waals surface area contributed by atoms with Gasteiger partial charge in [0, 0.05) is 13.1 Å². The third-order valence-corrected chi connectivity index (χ3v) is 4.51. The molecule has 0 spiro atoms. The zero-order chi connectivity index (χ0) is 16.1. The van der Waals surface area contributed by atoms with Gasteiger partial charge in [0.15, 0.2) is 0 Å². The molecule has 0 saturated carbocycles. The molecule has 0 atom stereocenters. The molecule has 2 heteroatoms. The summed E-state index contributed by atoms with van der Waals surface area (Å²) in [6, 6.07) is 0. The first kappa shape index (κ1) is 21.9. The Hall–Kier alpha value is -0.0800. The highest BCUT2D eigenvalue weighted by molar-refractivity contribution is 4.52. The van der Waals surface area contributed by atoms with Crippen molar-refractivity contribution in [3.05, 3.63) is 0 Å². The van der Waals surface area contributed by atoms with Crippen LogP contribution in [0.1, 0.15) is 103 Å². The first-order valence-electron chi connectivity index (χ1n) is 10.3. The molecular formula is C20H44N2. The molecule has 0 amide bonds. The molecule has 0 aliphatic rings. The third kappa shape index (κ3) is 19.9. The van der Waals surface area contributed by atoms with Crippen LogP contribution in [0.5, 0.6) is 0 Å². The minimum Gasteiger partial charge on any atom is -0.318 e. The Morgan fingerprint density at radius 1 is 0.455 bits per heavy atom. The van der Waals surface area contributed by atoms with Gasteiger partial charge in [-0.05, 0) is 20.0 Å². The van der Waals surface area contributed by atoms with E-state index in [-0.39, 0.29) is 0 Å². The first-order valence-corrected chi connectivity index (χ1v) is 10.3. The topological polar surface area (TPSA) is 24.1 Å². The van der Waals surface area contributed by atoms with E-state index in [1.807, 2.05) is 7.05 Å². The molecule has 22 heavy (non-hydrogen) atoms. The van der Waals surface area contributed by atoms with E-state index >= 15 is 0 Å². The van der Waals surface area contributed by atoms with Crippen LogP contribution < -0.4 is 10.6 Å². The quantitative estimate of drug-likeness (QED) is 0.300. The number of unbranched alkanes of at least 4 members (excludes halogenated alkanes) is 14. The predicted octanol–water partition coefficient (Wildman–Crippen LogP) is 5.67. The lowest BCUT2D eigenvalue weighted by Crippen LogP contribution is -2.25. The summed E-state index contributed by atoms with van der Waals surface area (Å²) in [5.74, 6) is 0. The number of hydrogen-bond acceptors (Lipinski definition) is 2. The monoisotopic (exact) mass is 312 g/mol. The molecule has 134 valence electrons. The average molecular weight is 313 g/mol. The summed E-state index contributed by atoms with van der Waals surface area (Å²) in [5, 5.41) is 6.63. The fraction of sp³-hybridized carbons (Fsp3) is 1.00. The minimum absolute atomic E-state index is 1.08. The molecule has 0 aromatic carbocycles. The van der Waals surface area contributed by atoms with Gasteiger partial charge in [-0.1, -0.05) is 96.8 Å². The van der Waals surface area contributed by atoms with Crippen molar-refractivity contribution in [1.29, 1.82) is 0 Å². The number of likely N-dealkylation sites (N-methyl/N-ethyl adjacent to an activating group) is 1. The average Bonchev–Trinajstić information content (AvgIpc) is 2.54. The Morgan fingerprint density at radius 2 is 0.864 bits per heavy atom. The maximum absolute atomic E-state index is 3.47. The van der Waals surface area contributed by atoms with Crippen LogP contribution in [0.4, 0.5) is 0 Å². The molecule has 0 aliphatic heterocycles. The van der Waals surface area contributed by atoms with Gasteiger partial charge < -0.3 is 10.6 Å². The maximum atomic E-state index is 3.47. The molecule has 0 aromatic rings. The normalized spacial score (nSPS) is 11.2. The van der Waals surface area contributed by atoms with E-state index in [9.17, 15) is 0 Å². The summed E-state index contributed by atoms with van der Waals surface area (Å²) in [4.78, 5) is 0. The van der Waals surface area contributed by atoms with Crippen molar-refractivity contribution in [1.82, 2.24) is 10.6 Å². The van der Waals surface area contributed by atoms with Gasteiger partial charge >= 0.3 is 0 Å². The molecule has 0 bridgehead atoms. The fourth-order valence-corrected chi connectivity index (χ4v) is 2.96. The smallest absolute Gasteiger partial charge is 0.00766 e. The lowest BCUT2D eigenvalue weighted by molar-refractivity contribution is 0.526. The van der Waals surface area contributed by atoms with Gasteiger partial charge in [-0.3, -0.25) is 0 Å². The number of nitrogens with one attached hydrogen (secondary N) is 2. The van der Waals surface area contributed by atoms with Crippen LogP contribution >= 0.6 is 0 Å². The Kier molecular flexibility index (Phi) is 20.8. The standard InChI is InChI=1S/C20H44N2/c1-3-4-5-6-7-8-9-10-11-12-13-14-15-16-17-18-22-20-19-21-2/h21-22H,3-20H2,1-2H3. The summed E-state index contributed by atoms with van der Waals surface area (Å²) in [7, 11) is 2.01. The van der Waals surface area contributed by atoms with Crippen molar-refractivity contribution in [2.45, 2.75) is 103 Å². The molecule has 0 radical (unpaired) electrons. The van der Waals surface area contributed by atoms with E-state index < -0.39 is 0 Å². The third-order valence-electron chi connectivity index (χ3n) is 4.51. The Balaban J connectivity index is 2.91. The van der Waals surface area contributed by atoms with Crippen LogP contribution in [0, 0.1) is 0 Å². The van der Waals surface area contributed by atoms with Crippen LogP contribution in [0.25, 0.3) is 0 Å². The van der Waals surface area contributed by atoms with Gasteiger partial charge in [0.2, 0.25) is 0 Å². The van der Waals surface area contributed by atoms with Gasteiger partial charge in [0.25, 0.3) is 0 Å². The molecule has 0 heterocycles. The number of hydrogen-bond donors (Lipinski definition) is 2. The van der Waals surface area contributed by atoms with Gasteiger partial charge in [-0.15, -0.1) is 0 Å². The van der Waals surface area contributed by atoms with Crippen molar-refractivity contribution in [3.8, 4) is 0 Å². The lowest BCUT2D eigenvalue weighted by atomic mass is 10.0. The molecule has 0 rings (SSSR count). The van der Waals surface area contributed by atoms with Crippen LogP contribution in [0.15, 0.2) is 0 Å². The van der Waals surface area contributed by atoms with Crippen molar-refractivity contribution in [2.24, 2.45) is 0 Å². The summed E-state index contributed by atoms with van der Waals surface area (Å²) in [6.07, 6.45) is 21.7. The van der Waals surface area contributed by atoms with E-state index in [0.717, 1.165) is 13.1 Å². The molecule has 0 aliphatic carbocycles. The highest BCUT2D eigenvalue weighted by atomic mass is 14.9. The van der Waals surface area contributed by atoms with E-state index in [1.165, 1.54) is 103 Å². The first-order chi connectivity index (χ1) is 10.9. The molecule has 0 saturated heterocycles. The molecule has 0 fully saturated rings. The molecular weight excluding hydrogens is 268 g/mol. The zero-order valence-electron chi connectivity index (χ0n) is 15.7. The SMILES string of the molecule is CCCCCCCCCCCCCCCCCNCCNC. The molecule has 0 unspecified atom stereocenters. The zero-order valence-corrected chi connectivity index (χ0v) is 15.7. The van der Waals surface area contributed by atoms with Gasteiger partial charge in [-0.25, -0.2) is 0 Å². The van der Waals surface area contributed by atoms with Crippen molar-refractivity contribution in [3.63, 3.8) is 0 Å². The van der Waals surface area contributed by atoms with E-state index in [4.69, 9.17) is 0 Å². The second-order valence-electron chi connectivity index (χ2n) is 6.80. The van der Waals surface area contributed by atoms with Crippen LogP contribution in [0.2, 0.25) is 0 Å². The maximum Gasteiger partial charge on any atom is 0.00766 e. The fourth-order valence-electron chi connectivity index (χ4n) is 2.96. The van der Waals surface area contributed by atoms with E-state index in [2.05, 4.69) is 17.6 Å². The minimum atomic E-state index is 1.08. The van der Waals surface area contributed by atoms with Crippen LogP contribution in [0.3, 0.4) is 0 Å². The summed E-state index contributed by atoms with van der Waals surface area (Å²) < 4.78 is 0. The summed E-state index contributed by atoms with van der Waals surface area (Å²) >= 11 is 0. The molecule has 0 aromatic heterocycles. The van der Waals surface area contributed by atoms with Crippen molar-refractivity contribution in [2.75, 3.05) is 26.7 Å². The Labute approximate surface area is 141 Å². The van der Waals surface area contributed by atoms with E-state index in [1.54, 1.807) is 0 Å². The second-order valence-corrected chi connectivity index (χ2v) is 6.80. The highest BCUT2D eigenvalue weighted by Crippen LogP contribution is 2.13. The van der Waals surface area contributed by atoms with E-state index in [0.29, 0.717) is 0 Å².